The van der Waals surface area contributed by atoms with Gasteiger partial charge in [-0.25, -0.2) is 9.65 Å². The maximum atomic E-state index is 12.9. The van der Waals surface area contributed by atoms with Crippen LogP contribution in [0.4, 0.5) is 4.39 Å². The molecule has 0 atom stereocenters. The van der Waals surface area contributed by atoms with Gasteiger partial charge in [0.1, 0.15) is 12.1 Å². The summed E-state index contributed by atoms with van der Waals surface area (Å²) in [5.41, 5.74) is 0.311. The van der Waals surface area contributed by atoms with Crippen molar-refractivity contribution in [3.63, 3.8) is 0 Å². The van der Waals surface area contributed by atoms with Gasteiger partial charge in [-0.1, -0.05) is 5.04 Å². The van der Waals surface area contributed by atoms with Crippen molar-refractivity contribution in [2.45, 2.75) is 4.90 Å². The summed E-state index contributed by atoms with van der Waals surface area (Å²) in [7, 11) is 0. The molecule has 0 fully saturated rings. The van der Waals surface area contributed by atoms with E-state index in [1.54, 1.807) is 0 Å². The SMILES string of the molecule is O=Cc1ccc(F)c(SOOO)c1. The Morgan fingerprint density at radius 3 is 2.92 bits per heavy atom. The van der Waals surface area contributed by atoms with Gasteiger partial charge >= 0.3 is 0 Å². The molecular weight excluding hydrogens is 199 g/mol. The first-order chi connectivity index (χ1) is 6.27. The van der Waals surface area contributed by atoms with Gasteiger partial charge in [0.2, 0.25) is 0 Å². The molecule has 1 aromatic rings. The summed E-state index contributed by atoms with van der Waals surface area (Å²) in [4.78, 5) is 10.3. The van der Waals surface area contributed by atoms with E-state index in [1.165, 1.54) is 12.1 Å². The predicted molar refractivity (Wildman–Crippen MR) is 42.4 cm³/mol. The van der Waals surface area contributed by atoms with Gasteiger partial charge < -0.3 is 0 Å². The number of halogens is 1. The summed E-state index contributed by atoms with van der Waals surface area (Å²) in [5, 5.41) is 11.1. The standard InChI is InChI=1S/C7H5FO4S/c8-6-2-1-5(4-9)3-7(6)13-12-11-10/h1-4,10H. The van der Waals surface area contributed by atoms with Gasteiger partial charge in [0.05, 0.1) is 16.9 Å². The molecule has 0 bridgehead atoms. The third kappa shape index (κ3) is 2.78. The van der Waals surface area contributed by atoms with Crippen molar-refractivity contribution in [2.75, 3.05) is 0 Å². The van der Waals surface area contributed by atoms with Crippen LogP contribution in [-0.4, -0.2) is 11.5 Å². The monoisotopic (exact) mass is 204 g/mol. The minimum atomic E-state index is -0.562. The highest BCUT2D eigenvalue weighted by Gasteiger charge is 2.05. The molecule has 0 radical (unpaired) electrons. The molecule has 0 heterocycles. The number of rotatable bonds is 4. The quantitative estimate of drug-likeness (QED) is 0.352. The van der Waals surface area contributed by atoms with Gasteiger partial charge in [-0.2, -0.15) is 0 Å². The van der Waals surface area contributed by atoms with Crippen LogP contribution in [0, 0.1) is 5.82 Å². The van der Waals surface area contributed by atoms with Crippen LogP contribution in [0.2, 0.25) is 0 Å². The van der Waals surface area contributed by atoms with E-state index in [0.29, 0.717) is 23.9 Å². The molecule has 0 amide bonds. The molecule has 0 aliphatic heterocycles. The minimum Gasteiger partial charge on any atom is -0.298 e. The van der Waals surface area contributed by atoms with Crippen LogP contribution < -0.4 is 0 Å². The topological polar surface area (TPSA) is 55.8 Å². The summed E-state index contributed by atoms with van der Waals surface area (Å²) < 4.78 is 16.9. The molecular formula is C7H5FO4S. The molecule has 4 nitrogen and oxygen atoms in total. The Hall–Kier alpha value is -0.950. The van der Waals surface area contributed by atoms with Gasteiger partial charge in [0, 0.05) is 5.56 Å². The number of hydrogen-bond acceptors (Lipinski definition) is 5. The van der Waals surface area contributed by atoms with Crippen LogP contribution >= 0.6 is 12.0 Å². The Morgan fingerprint density at radius 1 is 1.54 bits per heavy atom. The Balaban J connectivity index is 2.83. The molecule has 70 valence electrons. The Kier molecular flexibility index (Phi) is 3.84. The lowest BCUT2D eigenvalue weighted by Gasteiger charge is -1.99. The fourth-order valence-corrected chi connectivity index (χ4v) is 1.14. The Morgan fingerprint density at radius 2 is 2.31 bits per heavy atom. The first-order valence-corrected chi connectivity index (χ1v) is 3.91. The van der Waals surface area contributed by atoms with E-state index in [0.717, 1.165) is 6.07 Å². The molecule has 0 unspecified atom stereocenters. The third-order valence-electron chi connectivity index (χ3n) is 1.25. The van der Waals surface area contributed by atoms with E-state index in [9.17, 15) is 9.18 Å². The normalized spacial score (nSPS) is 10.0. The summed E-state index contributed by atoms with van der Waals surface area (Å²) in [5.74, 6) is -0.562. The maximum Gasteiger partial charge on any atom is 0.150 e. The summed E-state index contributed by atoms with van der Waals surface area (Å²) in [6, 6.07) is 3.71. The molecule has 1 aromatic carbocycles. The number of benzene rings is 1. The highest BCUT2D eigenvalue weighted by Crippen LogP contribution is 2.23. The molecule has 0 saturated carbocycles. The van der Waals surface area contributed by atoms with Crippen LogP contribution in [0.5, 0.6) is 0 Å². The summed E-state index contributed by atoms with van der Waals surface area (Å²) >= 11 is 0.470. The molecule has 0 aliphatic rings. The molecule has 1 N–H and O–H groups in total. The number of hydrogen-bond donors (Lipinski definition) is 1. The lowest BCUT2D eigenvalue weighted by atomic mass is 10.2. The Labute approximate surface area is 77.3 Å². The maximum absolute atomic E-state index is 12.9. The zero-order valence-corrected chi connectivity index (χ0v) is 7.08. The average molecular weight is 204 g/mol. The first kappa shape index (κ1) is 10.1. The van der Waals surface area contributed by atoms with Crippen molar-refractivity contribution in [3.05, 3.63) is 29.6 Å². The third-order valence-corrected chi connectivity index (χ3v) is 1.87. The molecule has 13 heavy (non-hydrogen) atoms. The molecule has 6 heteroatoms. The van der Waals surface area contributed by atoms with Crippen LogP contribution in [0.15, 0.2) is 23.1 Å². The van der Waals surface area contributed by atoms with E-state index in [2.05, 4.69) is 9.37 Å². The van der Waals surface area contributed by atoms with Crippen molar-refractivity contribution < 1.29 is 23.8 Å². The van der Waals surface area contributed by atoms with E-state index in [1.807, 2.05) is 0 Å². The number of carbonyl (C=O) groups is 1. The van der Waals surface area contributed by atoms with E-state index < -0.39 is 5.82 Å². The van der Waals surface area contributed by atoms with Gasteiger partial charge in [-0.3, -0.25) is 4.79 Å². The van der Waals surface area contributed by atoms with E-state index in [4.69, 9.17) is 5.26 Å². The second-order valence-electron chi connectivity index (χ2n) is 2.03. The van der Waals surface area contributed by atoms with Gasteiger partial charge in [0.15, 0.2) is 0 Å². The molecule has 0 aromatic heterocycles. The zero-order chi connectivity index (χ0) is 9.68. The minimum absolute atomic E-state index is 0.0543. The molecule has 1 rings (SSSR count). The molecule has 0 aliphatic carbocycles. The Bertz CT molecular complexity index is 305. The smallest absolute Gasteiger partial charge is 0.150 e. The van der Waals surface area contributed by atoms with Crippen molar-refractivity contribution in [3.8, 4) is 0 Å². The van der Waals surface area contributed by atoms with Gasteiger partial charge in [0.25, 0.3) is 0 Å². The molecule has 0 saturated heterocycles. The summed E-state index contributed by atoms with van der Waals surface area (Å²) in [6.45, 7) is 0. The van der Waals surface area contributed by atoms with E-state index >= 15 is 0 Å². The number of aldehydes is 1. The van der Waals surface area contributed by atoms with Crippen molar-refractivity contribution in [1.82, 2.24) is 0 Å². The van der Waals surface area contributed by atoms with E-state index in [-0.39, 0.29) is 4.90 Å². The molecule has 0 spiro atoms. The fraction of sp³-hybridized carbons (Fsp3) is 0. The lowest BCUT2D eigenvalue weighted by molar-refractivity contribution is -0.432. The lowest BCUT2D eigenvalue weighted by Crippen LogP contribution is -1.87. The largest absolute Gasteiger partial charge is 0.298 e. The van der Waals surface area contributed by atoms with Gasteiger partial charge in [-0.15, -0.1) is 4.33 Å². The van der Waals surface area contributed by atoms with Crippen LogP contribution in [-0.2, 0) is 9.37 Å². The summed E-state index contributed by atoms with van der Waals surface area (Å²) in [6.07, 6.45) is 0.573. The highest BCUT2D eigenvalue weighted by atomic mass is 32.2. The second kappa shape index (κ2) is 4.93. The number of carbonyl (C=O) groups excluding carboxylic acids is 1. The predicted octanol–water partition coefficient (Wildman–Crippen LogP) is 2.07. The van der Waals surface area contributed by atoms with Crippen LogP contribution in [0.25, 0.3) is 0 Å². The first-order valence-electron chi connectivity index (χ1n) is 3.17. The van der Waals surface area contributed by atoms with Gasteiger partial charge in [-0.05, 0) is 18.2 Å². The highest BCUT2D eigenvalue weighted by molar-refractivity contribution is 7.94. The van der Waals surface area contributed by atoms with Crippen molar-refractivity contribution in [1.29, 1.82) is 0 Å². The van der Waals surface area contributed by atoms with Crippen LogP contribution in [0.3, 0.4) is 0 Å². The van der Waals surface area contributed by atoms with Crippen molar-refractivity contribution in [2.24, 2.45) is 0 Å². The average Bonchev–Trinajstić information content (AvgIpc) is 2.17. The zero-order valence-electron chi connectivity index (χ0n) is 6.27. The fourth-order valence-electron chi connectivity index (χ4n) is 0.709. The second-order valence-corrected chi connectivity index (χ2v) is 2.78. The van der Waals surface area contributed by atoms with Crippen LogP contribution in [0.1, 0.15) is 10.4 Å². The van der Waals surface area contributed by atoms with Crippen molar-refractivity contribution >= 4 is 18.3 Å².